The summed E-state index contributed by atoms with van der Waals surface area (Å²) < 4.78 is 22.4. The van der Waals surface area contributed by atoms with Crippen LogP contribution < -0.4 is 15.4 Å². The average Bonchev–Trinajstić information content (AvgIpc) is 3.23. The number of aromatic nitrogens is 2. The van der Waals surface area contributed by atoms with Gasteiger partial charge in [-0.3, -0.25) is 9.59 Å². The average molecular weight is 510 g/mol. The zero-order valence-electron chi connectivity index (χ0n) is 20.5. The van der Waals surface area contributed by atoms with Gasteiger partial charge in [0.15, 0.2) is 0 Å². The van der Waals surface area contributed by atoms with E-state index < -0.39 is 23.8 Å². The first kappa shape index (κ1) is 23.6. The number of hydrogen-bond acceptors (Lipinski definition) is 5. The van der Waals surface area contributed by atoms with Crippen LogP contribution in [-0.2, 0) is 11.3 Å². The molecule has 0 radical (unpaired) electrons. The van der Waals surface area contributed by atoms with Gasteiger partial charge < -0.3 is 15.4 Å². The lowest BCUT2D eigenvalue weighted by Gasteiger charge is -2.22. The Hall–Kier alpha value is -4.79. The fourth-order valence-electron chi connectivity index (χ4n) is 4.70. The monoisotopic (exact) mass is 509 g/mol. The summed E-state index contributed by atoms with van der Waals surface area (Å²) in [7, 11) is 0. The summed E-state index contributed by atoms with van der Waals surface area (Å²) in [6.07, 6.45) is -0.715. The summed E-state index contributed by atoms with van der Waals surface area (Å²) in [5.41, 5.74) is 3.05. The van der Waals surface area contributed by atoms with Gasteiger partial charge >= 0.3 is 0 Å². The van der Waals surface area contributed by atoms with Gasteiger partial charge in [0.1, 0.15) is 17.1 Å². The van der Waals surface area contributed by atoms with E-state index in [0.717, 1.165) is 11.1 Å². The van der Waals surface area contributed by atoms with E-state index in [2.05, 4.69) is 15.7 Å². The molecule has 3 aromatic carbocycles. The number of aryl methyl sites for hydroxylation is 1. The summed E-state index contributed by atoms with van der Waals surface area (Å²) >= 11 is 0. The zero-order valence-corrected chi connectivity index (χ0v) is 20.5. The minimum atomic E-state index is -1.25. The van der Waals surface area contributed by atoms with E-state index in [1.165, 1.54) is 6.07 Å². The van der Waals surface area contributed by atoms with Crippen molar-refractivity contribution in [1.82, 2.24) is 15.1 Å². The Kier molecular flexibility index (Phi) is 5.95. The van der Waals surface area contributed by atoms with E-state index in [9.17, 15) is 14.0 Å². The Morgan fingerprint density at radius 3 is 2.53 bits per heavy atom. The maximum absolute atomic E-state index is 14.8. The van der Waals surface area contributed by atoms with Crippen LogP contribution in [0, 0.1) is 5.82 Å². The molecular weight excluding hydrogens is 485 g/mol. The van der Waals surface area contributed by atoms with Gasteiger partial charge in [0, 0.05) is 29.7 Å². The van der Waals surface area contributed by atoms with E-state index in [1.807, 2.05) is 55.5 Å². The van der Waals surface area contributed by atoms with Crippen LogP contribution in [0.5, 0.6) is 5.88 Å². The maximum Gasteiger partial charge on any atom is 0.269 e. The summed E-state index contributed by atoms with van der Waals surface area (Å²) in [4.78, 5) is 31.8. The molecule has 8 nitrogen and oxygen atoms in total. The van der Waals surface area contributed by atoms with Crippen LogP contribution in [0.3, 0.4) is 0 Å². The van der Waals surface area contributed by atoms with Crippen molar-refractivity contribution >= 4 is 23.2 Å². The minimum Gasteiger partial charge on any atom is -0.474 e. The first-order valence-electron chi connectivity index (χ1n) is 12.4. The van der Waals surface area contributed by atoms with E-state index in [-0.39, 0.29) is 28.8 Å². The second-order valence-electron chi connectivity index (χ2n) is 9.20. The number of fused-ring (bicyclic) bond motifs is 2. The number of hydrogen-bond donors (Lipinski definition) is 2. The SMILES string of the molecule is C[C@@H]1CCn2nc(-c3ccccc3F)c(C(=O)N[C@H]3N=C(c4ccccc4)c4ccccc4NC3=O)c2O1. The van der Waals surface area contributed by atoms with Gasteiger partial charge in [-0.05, 0) is 25.1 Å². The highest BCUT2D eigenvalue weighted by Crippen LogP contribution is 2.35. The third kappa shape index (κ3) is 4.21. The van der Waals surface area contributed by atoms with Crippen LogP contribution in [0.15, 0.2) is 83.9 Å². The topological polar surface area (TPSA) is 97.6 Å². The molecule has 0 unspecified atom stereocenters. The number of nitrogens with one attached hydrogen (secondary N) is 2. The van der Waals surface area contributed by atoms with Crippen LogP contribution in [0.2, 0.25) is 0 Å². The minimum absolute atomic E-state index is 0.0627. The van der Waals surface area contributed by atoms with Crippen molar-refractivity contribution in [2.45, 2.75) is 32.2 Å². The van der Waals surface area contributed by atoms with Gasteiger partial charge in [0.05, 0.1) is 17.5 Å². The van der Waals surface area contributed by atoms with E-state index >= 15 is 0 Å². The molecule has 38 heavy (non-hydrogen) atoms. The standard InChI is InChI=1S/C29H24FN5O3/c1-17-15-16-35-29(38-17)23(25(34-35)19-11-5-7-13-21(19)30)27(36)33-26-28(37)31-22-14-8-6-12-20(22)24(32-26)18-9-3-2-4-10-18/h2-14,17,26H,15-16H2,1H3,(H,31,37)(H,33,36)/t17-,26-/m1/s1. The van der Waals surface area contributed by atoms with Crippen LogP contribution in [0.1, 0.15) is 34.8 Å². The molecule has 2 aliphatic rings. The molecule has 3 heterocycles. The quantitative estimate of drug-likeness (QED) is 0.426. The number of benzene rings is 3. The molecule has 0 fully saturated rings. The van der Waals surface area contributed by atoms with Crippen LogP contribution in [-0.4, -0.2) is 39.6 Å². The van der Waals surface area contributed by atoms with E-state index in [0.29, 0.717) is 24.4 Å². The summed E-state index contributed by atoms with van der Waals surface area (Å²) in [6.45, 7) is 2.41. The van der Waals surface area contributed by atoms with Crippen molar-refractivity contribution in [3.8, 4) is 17.1 Å². The summed E-state index contributed by atoms with van der Waals surface area (Å²) in [5.74, 6) is -1.42. The third-order valence-corrected chi connectivity index (χ3v) is 6.58. The van der Waals surface area contributed by atoms with Crippen LogP contribution >= 0.6 is 0 Å². The van der Waals surface area contributed by atoms with Crippen LogP contribution in [0.25, 0.3) is 11.3 Å². The molecule has 1 aromatic heterocycles. The van der Waals surface area contributed by atoms with Gasteiger partial charge in [-0.15, -0.1) is 0 Å². The van der Waals surface area contributed by atoms with Crippen molar-refractivity contribution in [3.05, 3.63) is 101 Å². The second-order valence-corrected chi connectivity index (χ2v) is 9.20. The predicted molar refractivity (Wildman–Crippen MR) is 141 cm³/mol. The number of aliphatic imine (C=N–C) groups is 1. The lowest BCUT2D eigenvalue weighted by molar-refractivity contribution is -0.117. The first-order chi connectivity index (χ1) is 18.5. The molecule has 0 saturated carbocycles. The number of nitrogens with zero attached hydrogens (tertiary/aromatic N) is 3. The number of amides is 2. The van der Waals surface area contributed by atoms with E-state index in [4.69, 9.17) is 9.73 Å². The number of ether oxygens (including phenoxy) is 1. The van der Waals surface area contributed by atoms with Crippen LogP contribution in [0.4, 0.5) is 10.1 Å². The number of para-hydroxylation sites is 1. The van der Waals surface area contributed by atoms with Gasteiger partial charge in [0.25, 0.3) is 11.8 Å². The third-order valence-electron chi connectivity index (χ3n) is 6.58. The molecule has 2 atom stereocenters. The number of benzodiazepines with no additional fused rings is 1. The molecule has 2 aliphatic heterocycles. The number of carbonyl (C=O) groups is 2. The molecule has 190 valence electrons. The number of halogens is 1. The Labute approximate surface area is 218 Å². The number of carbonyl (C=O) groups excluding carboxylic acids is 2. The predicted octanol–water partition coefficient (Wildman–Crippen LogP) is 4.41. The van der Waals surface area contributed by atoms with Crippen molar-refractivity contribution < 1.29 is 18.7 Å². The highest BCUT2D eigenvalue weighted by Gasteiger charge is 2.34. The first-order valence-corrected chi connectivity index (χ1v) is 12.4. The fraction of sp³-hybridized carbons (Fsp3) is 0.172. The lowest BCUT2D eigenvalue weighted by Crippen LogP contribution is -2.42. The molecule has 2 N–H and O–H groups in total. The Morgan fingerprint density at radius 1 is 1.03 bits per heavy atom. The molecule has 0 bridgehead atoms. The van der Waals surface area contributed by atoms with Crippen molar-refractivity contribution in [2.75, 3.05) is 5.32 Å². The molecule has 6 rings (SSSR count). The molecule has 9 heteroatoms. The van der Waals surface area contributed by atoms with Crippen molar-refractivity contribution in [1.29, 1.82) is 0 Å². The van der Waals surface area contributed by atoms with Gasteiger partial charge in [-0.2, -0.15) is 5.10 Å². The Morgan fingerprint density at radius 2 is 1.74 bits per heavy atom. The molecule has 0 aliphatic carbocycles. The molecule has 0 spiro atoms. The summed E-state index contributed by atoms with van der Waals surface area (Å²) in [6, 6.07) is 22.9. The number of anilines is 1. The zero-order chi connectivity index (χ0) is 26.2. The fourth-order valence-corrected chi connectivity index (χ4v) is 4.70. The van der Waals surface area contributed by atoms with Gasteiger partial charge in [-0.1, -0.05) is 60.7 Å². The lowest BCUT2D eigenvalue weighted by atomic mass is 10.0. The molecular formula is C29H24FN5O3. The van der Waals surface area contributed by atoms with Crippen molar-refractivity contribution in [3.63, 3.8) is 0 Å². The maximum atomic E-state index is 14.8. The molecule has 4 aromatic rings. The van der Waals surface area contributed by atoms with Crippen molar-refractivity contribution in [2.24, 2.45) is 4.99 Å². The smallest absolute Gasteiger partial charge is 0.269 e. The molecule has 0 saturated heterocycles. The largest absolute Gasteiger partial charge is 0.474 e. The van der Waals surface area contributed by atoms with Gasteiger partial charge in [-0.25, -0.2) is 14.1 Å². The second kappa shape index (κ2) is 9.59. The highest BCUT2D eigenvalue weighted by atomic mass is 19.1. The Bertz CT molecular complexity index is 1580. The highest BCUT2D eigenvalue weighted by molar-refractivity contribution is 6.20. The summed E-state index contributed by atoms with van der Waals surface area (Å²) in [5, 5.41) is 10.1. The van der Waals surface area contributed by atoms with E-state index in [1.54, 1.807) is 28.9 Å². The Balaban J connectivity index is 1.43. The normalized spacial score (nSPS) is 18.3. The number of rotatable bonds is 4. The van der Waals surface area contributed by atoms with Gasteiger partial charge in [0.2, 0.25) is 12.0 Å². The molecule has 2 amide bonds.